The lowest BCUT2D eigenvalue weighted by molar-refractivity contribution is -0.385. The second-order valence-corrected chi connectivity index (χ2v) is 8.57. The summed E-state index contributed by atoms with van der Waals surface area (Å²) in [5.74, 6) is -1.47. The Morgan fingerprint density at radius 2 is 2.12 bits per heavy atom. The first kappa shape index (κ1) is 19.2. The summed E-state index contributed by atoms with van der Waals surface area (Å²) in [5, 5.41) is 10.9. The van der Waals surface area contributed by atoms with Gasteiger partial charge >= 0.3 is 0 Å². The third-order valence-corrected chi connectivity index (χ3v) is 7.28. The van der Waals surface area contributed by atoms with Crippen molar-refractivity contribution in [2.45, 2.75) is 30.6 Å². The van der Waals surface area contributed by atoms with Crippen molar-refractivity contribution < 1.29 is 22.1 Å². The number of allylic oxidation sites excluding steroid dienone is 1. The molecule has 1 aliphatic heterocycles. The molecule has 1 heterocycles. The summed E-state index contributed by atoms with van der Waals surface area (Å²) in [6, 6.07) is 2.86. The second kappa shape index (κ2) is 6.29. The summed E-state index contributed by atoms with van der Waals surface area (Å²) in [6.07, 6.45) is 1.14. The number of nitro benzene ring substituents is 1. The normalized spacial score (nSPS) is 28.2. The minimum absolute atomic E-state index is 0.00504. The molecule has 6 nitrogen and oxygen atoms in total. The van der Waals surface area contributed by atoms with Crippen molar-refractivity contribution in [3.63, 3.8) is 0 Å². The Bertz CT molecular complexity index is 869. The Morgan fingerprint density at radius 3 is 2.60 bits per heavy atom. The highest BCUT2D eigenvalue weighted by Gasteiger charge is 2.53. The zero-order chi connectivity index (χ0) is 19.0. The number of nitrogens with zero attached hydrogens (tertiary/aromatic N) is 2. The minimum Gasteiger partial charge on any atom is -0.280 e. The number of rotatable bonds is 5. The summed E-state index contributed by atoms with van der Waals surface area (Å²) >= 11 is 0. The SMILES string of the molecule is C=CCC1(CF)C(C)=N[C@](C)(c2cc([N+](=O)[O-])ccc2F)CS1(=O)=O. The first-order valence-electron chi connectivity index (χ1n) is 7.43. The summed E-state index contributed by atoms with van der Waals surface area (Å²) in [5.41, 5.74) is -2.18. The molecule has 1 aromatic carbocycles. The van der Waals surface area contributed by atoms with Gasteiger partial charge in [0, 0.05) is 23.4 Å². The van der Waals surface area contributed by atoms with Gasteiger partial charge in [-0.15, -0.1) is 6.58 Å². The van der Waals surface area contributed by atoms with E-state index in [2.05, 4.69) is 11.6 Å². The molecule has 1 aromatic rings. The first-order valence-corrected chi connectivity index (χ1v) is 9.09. The molecule has 0 aliphatic carbocycles. The Balaban J connectivity index is 2.71. The molecule has 1 unspecified atom stereocenters. The number of sulfone groups is 1. The molecule has 0 radical (unpaired) electrons. The standard InChI is InChI=1S/C16H18F2N2O4S/c1-4-7-16(9-17)11(2)19-15(3,10-25(16,23)24)13-8-12(20(21)22)5-6-14(13)18/h4-6,8H,1,7,9-10H2,2-3H3/t15-,16?/m0/s1. The number of aliphatic imine (C=N–C) groups is 1. The third kappa shape index (κ3) is 2.97. The van der Waals surface area contributed by atoms with Gasteiger partial charge in [0.2, 0.25) is 0 Å². The highest BCUT2D eigenvalue weighted by Crippen LogP contribution is 2.41. The van der Waals surface area contributed by atoms with Crippen LogP contribution in [0.1, 0.15) is 25.8 Å². The number of benzene rings is 1. The van der Waals surface area contributed by atoms with Crippen LogP contribution >= 0.6 is 0 Å². The smallest absolute Gasteiger partial charge is 0.270 e. The Morgan fingerprint density at radius 1 is 1.48 bits per heavy atom. The van der Waals surface area contributed by atoms with E-state index in [0.29, 0.717) is 0 Å². The van der Waals surface area contributed by atoms with Crippen molar-refractivity contribution in [2.75, 3.05) is 12.4 Å². The van der Waals surface area contributed by atoms with Crippen LogP contribution in [0, 0.1) is 15.9 Å². The van der Waals surface area contributed by atoms with Gasteiger partial charge in [-0.05, 0) is 26.3 Å². The molecule has 0 fully saturated rings. The monoisotopic (exact) mass is 372 g/mol. The Labute approximate surface area is 144 Å². The number of hydrogen-bond acceptors (Lipinski definition) is 5. The molecule has 9 heteroatoms. The van der Waals surface area contributed by atoms with Crippen LogP contribution in [0.25, 0.3) is 0 Å². The van der Waals surface area contributed by atoms with Crippen molar-refractivity contribution in [1.82, 2.24) is 0 Å². The van der Waals surface area contributed by atoms with E-state index in [4.69, 9.17) is 0 Å². The number of alkyl halides is 1. The molecule has 0 spiro atoms. The van der Waals surface area contributed by atoms with Crippen molar-refractivity contribution in [1.29, 1.82) is 0 Å². The van der Waals surface area contributed by atoms with Crippen molar-refractivity contribution >= 4 is 21.2 Å². The van der Waals surface area contributed by atoms with E-state index in [-0.39, 0.29) is 23.4 Å². The topological polar surface area (TPSA) is 89.6 Å². The highest BCUT2D eigenvalue weighted by atomic mass is 32.2. The Kier molecular flexibility index (Phi) is 4.82. The van der Waals surface area contributed by atoms with E-state index in [1.54, 1.807) is 0 Å². The van der Waals surface area contributed by atoms with Gasteiger partial charge in [0.15, 0.2) is 9.84 Å². The maximum Gasteiger partial charge on any atom is 0.270 e. The molecule has 1 aliphatic rings. The third-order valence-electron chi connectivity index (χ3n) is 4.57. The summed E-state index contributed by atoms with van der Waals surface area (Å²) in [7, 11) is -4.07. The Hall–Kier alpha value is -2.16. The molecule has 25 heavy (non-hydrogen) atoms. The summed E-state index contributed by atoms with van der Waals surface area (Å²) in [6.45, 7) is 5.03. The molecule has 0 amide bonds. The zero-order valence-electron chi connectivity index (χ0n) is 13.8. The van der Waals surface area contributed by atoms with E-state index in [1.165, 1.54) is 19.9 Å². The summed E-state index contributed by atoms with van der Waals surface area (Å²) < 4.78 is 51.8. The average Bonchev–Trinajstić information content (AvgIpc) is 2.50. The highest BCUT2D eigenvalue weighted by molar-refractivity contribution is 7.93. The fraction of sp³-hybridized carbons (Fsp3) is 0.438. The molecule has 0 saturated carbocycles. The lowest BCUT2D eigenvalue weighted by Gasteiger charge is -2.40. The van der Waals surface area contributed by atoms with Gasteiger partial charge in [-0.1, -0.05) is 6.08 Å². The molecule has 136 valence electrons. The van der Waals surface area contributed by atoms with Crippen molar-refractivity contribution in [3.8, 4) is 0 Å². The molecule has 0 aromatic heterocycles. The summed E-state index contributed by atoms with van der Waals surface area (Å²) in [4.78, 5) is 14.5. The van der Waals surface area contributed by atoms with Crippen LogP contribution in [0.5, 0.6) is 0 Å². The van der Waals surface area contributed by atoms with Gasteiger partial charge in [0.1, 0.15) is 17.2 Å². The number of non-ortho nitro benzene ring substituents is 1. The average molecular weight is 372 g/mol. The van der Waals surface area contributed by atoms with Gasteiger partial charge < -0.3 is 0 Å². The second-order valence-electron chi connectivity index (χ2n) is 6.27. The molecule has 2 rings (SSSR count). The molecule has 0 saturated heterocycles. The van der Waals surface area contributed by atoms with Gasteiger partial charge in [-0.25, -0.2) is 17.2 Å². The fourth-order valence-electron chi connectivity index (χ4n) is 3.16. The predicted molar refractivity (Wildman–Crippen MR) is 90.8 cm³/mol. The molecule has 0 N–H and O–H groups in total. The molecular weight excluding hydrogens is 354 g/mol. The quantitative estimate of drug-likeness (QED) is 0.451. The maximum atomic E-state index is 14.3. The predicted octanol–water partition coefficient (Wildman–Crippen LogP) is 3.12. The van der Waals surface area contributed by atoms with E-state index in [9.17, 15) is 27.3 Å². The van der Waals surface area contributed by atoms with Gasteiger partial charge in [0.25, 0.3) is 5.69 Å². The molecule has 2 atom stereocenters. The van der Waals surface area contributed by atoms with Crippen LogP contribution in [-0.2, 0) is 15.4 Å². The van der Waals surface area contributed by atoms with E-state index in [0.717, 1.165) is 18.2 Å². The van der Waals surface area contributed by atoms with Crippen molar-refractivity contribution in [3.05, 3.63) is 52.3 Å². The number of halogens is 2. The maximum absolute atomic E-state index is 14.3. The molecule has 0 bridgehead atoms. The van der Waals surface area contributed by atoms with Crippen LogP contribution in [-0.4, -0.2) is 36.2 Å². The van der Waals surface area contributed by atoms with E-state index < -0.39 is 43.3 Å². The first-order chi connectivity index (χ1) is 11.5. The van der Waals surface area contributed by atoms with Crippen LogP contribution in [0.3, 0.4) is 0 Å². The molecular formula is C16H18F2N2O4S. The van der Waals surface area contributed by atoms with Crippen LogP contribution < -0.4 is 0 Å². The van der Waals surface area contributed by atoms with Gasteiger partial charge in [0.05, 0.1) is 16.2 Å². The van der Waals surface area contributed by atoms with Crippen molar-refractivity contribution in [2.24, 2.45) is 4.99 Å². The van der Waals surface area contributed by atoms with Crippen LogP contribution in [0.15, 0.2) is 35.8 Å². The van der Waals surface area contributed by atoms with Gasteiger partial charge in [-0.2, -0.15) is 0 Å². The lowest BCUT2D eigenvalue weighted by atomic mass is 9.91. The van der Waals surface area contributed by atoms with Crippen LogP contribution in [0.2, 0.25) is 0 Å². The fourth-order valence-corrected chi connectivity index (χ4v) is 5.43. The minimum atomic E-state index is -4.07. The number of nitro groups is 1. The largest absolute Gasteiger partial charge is 0.280 e. The van der Waals surface area contributed by atoms with Crippen LogP contribution in [0.4, 0.5) is 14.5 Å². The zero-order valence-corrected chi connectivity index (χ0v) is 14.6. The van der Waals surface area contributed by atoms with E-state index in [1.807, 2.05) is 0 Å². The van der Waals surface area contributed by atoms with Gasteiger partial charge in [-0.3, -0.25) is 15.1 Å². The lowest BCUT2D eigenvalue weighted by Crippen LogP contribution is -2.55. The van der Waals surface area contributed by atoms with E-state index >= 15 is 0 Å². The number of hydrogen-bond donors (Lipinski definition) is 0.